The summed E-state index contributed by atoms with van der Waals surface area (Å²) in [4.78, 5) is 29.0. The van der Waals surface area contributed by atoms with E-state index in [0.717, 1.165) is 28.5 Å². The molecule has 1 amide bonds. The van der Waals surface area contributed by atoms with E-state index >= 15 is 0 Å². The lowest BCUT2D eigenvalue weighted by Crippen LogP contribution is -2.36. The van der Waals surface area contributed by atoms with E-state index in [1.807, 2.05) is 26.0 Å². The van der Waals surface area contributed by atoms with E-state index in [9.17, 15) is 9.59 Å². The quantitative estimate of drug-likeness (QED) is 0.832. The summed E-state index contributed by atoms with van der Waals surface area (Å²) in [5.41, 5.74) is 2.33. The highest BCUT2D eigenvalue weighted by Gasteiger charge is 2.20. The molecule has 26 heavy (non-hydrogen) atoms. The van der Waals surface area contributed by atoms with Crippen LogP contribution in [0.3, 0.4) is 0 Å². The Balaban J connectivity index is 1.89. The number of carbonyl (C=O) groups is 2. The maximum Gasteiger partial charge on any atom is 0.340 e. The Labute approximate surface area is 156 Å². The number of thiophene rings is 1. The molecule has 2 aromatic rings. The van der Waals surface area contributed by atoms with Gasteiger partial charge in [0.2, 0.25) is 0 Å². The van der Waals surface area contributed by atoms with Gasteiger partial charge < -0.3 is 19.7 Å². The summed E-state index contributed by atoms with van der Waals surface area (Å²) in [6.45, 7) is 6.71. The van der Waals surface area contributed by atoms with Crippen LogP contribution in [0.5, 0.6) is 0 Å². The number of amides is 1. The van der Waals surface area contributed by atoms with Gasteiger partial charge in [0.15, 0.2) is 0 Å². The standard InChI is InChI=1S/C19H22N2O4S/c1-12-10-15(13(2)26-12)18(22)20-17-5-4-14(11-16(17)19(23)24-3)21-6-8-25-9-7-21/h4-5,10-11H,6-9H2,1-3H3,(H,20,22). The van der Waals surface area contributed by atoms with E-state index in [1.165, 1.54) is 7.11 Å². The molecule has 2 heterocycles. The van der Waals surface area contributed by atoms with Gasteiger partial charge in [0.05, 0.1) is 37.1 Å². The van der Waals surface area contributed by atoms with E-state index in [4.69, 9.17) is 9.47 Å². The van der Waals surface area contributed by atoms with Crippen LogP contribution < -0.4 is 10.2 Å². The van der Waals surface area contributed by atoms with Gasteiger partial charge in [-0.25, -0.2) is 4.79 Å². The van der Waals surface area contributed by atoms with Crippen LogP contribution in [0, 0.1) is 13.8 Å². The van der Waals surface area contributed by atoms with E-state index in [-0.39, 0.29) is 5.91 Å². The highest BCUT2D eigenvalue weighted by molar-refractivity contribution is 7.12. The predicted molar refractivity (Wildman–Crippen MR) is 103 cm³/mol. The number of morpholine rings is 1. The van der Waals surface area contributed by atoms with E-state index in [0.29, 0.717) is 30.0 Å². The minimum atomic E-state index is -0.478. The second kappa shape index (κ2) is 7.88. The van der Waals surface area contributed by atoms with Gasteiger partial charge in [-0.3, -0.25) is 4.79 Å². The number of hydrogen-bond donors (Lipinski definition) is 1. The molecule has 138 valence electrons. The largest absolute Gasteiger partial charge is 0.465 e. The number of ether oxygens (including phenoxy) is 2. The van der Waals surface area contributed by atoms with Crippen molar-refractivity contribution >= 4 is 34.6 Å². The molecule has 0 spiro atoms. The summed E-state index contributed by atoms with van der Waals surface area (Å²) in [6, 6.07) is 7.27. The van der Waals surface area contributed by atoms with Crippen molar-refractivity contribution in [2.24, 2.45) is 0 Å². The molecule has 0 unspecified atom stereocenters. The van der Waals surface area contributed by atoms with Crippen molar-refractivity contribution in [3.05, 3.63) is 45.1 Å². The topological polar surface area (TPSA) is 67.9 Å². The van der Waals surface area contributed by atoms with Crippen molar-refractivity contribution in [1.82, 2.24) is 0 Å². The van der Waals surface area contributed by atoms with Crippen LogP contribution in [0.25, 0.3) is 0 Å². The fourth-order valence-electron chi connectivity index (χ4n) is 2.98. The van der Waals surface area contributed by atoms with Gasteiger partial charge >= 0.3 is 5.97 Å². The zero-order valence-corrected chi connectivity index (χ0v) is 15.9. The third-order valence-corrected chi connectivity index (χ3v) is 5.28. The number of aryl methyl sites for hydroxylation is 2. The lowest BCUT2D eigenvalue weighted by atomic mass is 10.1. The molecule has 1 aliphatic heterocycles. The van der Waals surface area contributed by atoms with Crippen LogP contribution in [0.15, 0.2) is 24.3 Å². The number of benzene rings is 1. The summed E-state index contributed by atoms with van der Waals surface area (Å²) in [5.74, 6) is -0.704. The number of hydrogen-bond acceptors (Lipinski definition) is 6. The second-order valence-electron chi connectivity index (χ2n) is 6.10. The Morgan fingerprint density at radius 1 is 1.15 bits per heavy atom. The van der Waals surface area contributed by atoms with Gasteiger partial charge in [-0.15, -0.1) is 11.3 Å². The first-order chi connectivity index (χ1) is 12.5. The number of nitrogens with zero attached hydrogens (tertiary/aromatic N) is 1. The van der Waals surface area contributed by atoms with Gasteiger partial charge in [-0.2, -0.15) is 0 Å². The average Bonchev–Trinajstić information content (AvgIpc) is 3.00. The predicted octanol–water partition coefficient (Wildman–Crippen LogP) is 3.24. The van der Waals surface area contributed by atoms with E-state index in [2.05, 4.69) is 10.2 Å². The molecule has 0 radical (unpaired) electrons. The zero-order chi connectivity index (χ0) is 18.7. The van der Waals surface area contributed by atoms with Gasteiger partial charge in [-0.05, 0) is 38.1 Å². The summed E-state index contributed by atoms with van der Waals surface area (Å²) in [7, 11) is 1.34. The first-order valence-electron chi connectivity index (χ1n) is 8.43. The Morgan fingerprint density at radius 3 is 2.50 bits per heavy atom. The van der Waals surface area contributed by atoms with Crippen molar-refractivity contribution in [3.8, 4) is 0 Å². The zero-order valence-electron chi connectivity index (χ0n) is 15.1. The molecule has 7 heteroatoms. The van der Waals surface area contributed by atoms with Crippen LogP contribution >= 0.6 is 11.3 Å². The summed E-state index contributed by atoms with van der Waals surface area (Å²) in [5, 5.41) is 2.85. The number of rotatable bonds is 4. The summed E-state index contributed by atoms with van der Waals surface area (Å²) < 4.78 is 10.3. The minimum absolute atomic E-state index is 0.226. The van der Waals surface area contributed by atoms with E-state index < -0.39 is 5.97 Å². The molecule has 0 atom stereocenters. The van der Waals surface area contributed by atoms with Gasteiger partial charge in [0.25, 0.3) is 5.91 Å². The van der Waals surface area contributed by atoms with Gasteiger partial charge in [0.1, 0.15) is 0 Å². The molecular formula is C19H22N2O4S. The fraction of sp³-hybridized carbons (Fsp3) is 0.368. The second-order valence-corrected chi connectivity index (χ2v) is 7.56. The molecule has 3 rings (SSSR count). The lowest BCUT2D eigenvalue weighted by molar-refractivity contribution is 0.0602. The average molecular weight is 374 g/mol. The first kappa shape index (κ1) is 18.4. The van der Waals surface area contributed by atoms with Crippen molar-refractivity contribution in [1.29, 1.82) is 0 Å². The summed E-state index contributed by atoms with van der Waals surface area (Å²) in [6.07, 6.45) is 0. The third-order valence-electron chi connectivity index (χ3n) is 4.32. The maximum atomic E-state index is 12.6. The molecule has 1 aliphatic rings. The van der Waals surface area contributed by atoms with Gasteiger partial charge in [0, 0.05) is 28.5 Å². The smallest absolute Gasteiger partial charge is 0.340 e. The van der Waals surface area contributed by atoms with Crippen LogP contribution in [0.2, 0.25) is 0 Å². The molecule has 1 fully saturated rings. The van der Waals surface area contributed by atoms with Crippen molar-refractivity contribution in [2.45, 2.75) is 13.8 Å². The highest BCUT2D eigenvalue weighted by Crippen LogP contribution is 2.27. The molecule has 1 N–H and O–H groups in total. The third kappa shape index (κ3) is 3.89. The molecule has 0 bridgehead atoms. The minimum Gasteiger partial charge on any atom is -0.465 e. The fourth-order valence-corrected chi connectivity index (χ4v) is 3.91. The van der Waals surface area contributed by atoms with Crippen molar-refractivity contribution < 1.29 is 19.1 Å². The van der Waals surface area contributed by atoms with Crippen LogP contribution in [-0.4, -0.2) is 45.3 Å². The number of anilines is 2. The molecule has 0 saturated carbocycles. The van der Waals surface area contributed by atoms with Crippen molar-refractivity contribution in [2.75, 3.05) is 43.6 Å². The molecular weight excluding hydrogens is 352 g/mol. The van der Waals surface area contributed by atoms with Crippen LogP contribution in [0.4, 0.5) is 11.4 Å². The number of methoxy groups -OCH3 is 1. The van der Waals surface area contributed by atoms with Gasteiger partial charge in [-0.1, -0.05) is 0 Å². The Kier molecular flexibility index (Phi) is 5.58. The molecule has 1 aromatic carbocycles. The van der Waals surface area contributed by atoms with Crippen LogP contribution in [-0.2, 0) is 9.47 Å². The number of carbonyl (C=O) groups excluding carboxylic acids is 2. The number of esters is 1. The maximum absolute atomic E-state index is 12.6. The SMILES string of the molecule is COC(=O)c1cc(N2CCOCC2)ccc1NC(=O)c1cc(C)sc1C. The number of nitrogens with one attached hydrogen (secondary N) is 1. The highest BCUT2D eigenvalue weighted by atomic mass is 32.1. The molecule has 1 aromatic heterocycles. The first-order valence-corrected chi connectivity index (χ1v) is 9.24. The van der Waals surface area contributed by atoms with Crippen molar-refractivity contribution in [3.63, 3.8) is 0 Å². The Hall–Kier alpha value is -2.38. The normalized spacial score (nSPS) is 14.2. The monoisotopic (exact) mass is 374 g/mol. The molecule has 1 saturated heterocycles. The molecule has 6 nitrogen and oxygen atoms in total. The Bertz CT molecular complexity index is 825. The molecule has 0 aliphatic carbocycles. The van der Waals surface area contributed by atoms with Crippen LogP contribution in [0.1, 0.15) is 30.5 Å². The summed E-state index contributed by atoms with van der Waals surface area (Å²) >= 11 is 1.57. The lowest BCUT2D eigenvalue weighted by Gasteiger charge is -2.29. The Morgan fingerprint density at radius 2 is 1.88 bits per heavy atom. The van der Waals surface area contributed by atoms with E-state index in [1.54, 1.807) is 23.5 Å².